The molecule has 100 valence electrons. The molecule has 1 saturated heterocycles. The summed E-state index contributed by atoms with van der Waals surface area (Å²) in [5.74, 6) is 0.358. The number of hydrogen-bond donors (Lipinski definition) is 1. The van der Waals surface area contributed by atoms with E-state index in [0.29, 0.717) is 25.1 Å². The Kier molecular flexibility index (Phi) is 5.92. The molecule has 4 nitrogen and oxygen atoms in total. The SMILES string of the molecule is CCOC(=O)CC(O)CN1CCCC(C)C1C. The van der Waals surface area contributed by atoms with Crippen molar-refractivity contribution in [2.24, 2.45) is 5.92 Å². The van der Waals surface area contributed by atoms with E-state index in [9.17, 15) is 9.90 Å². The summed E-state index contributed by atoms with van der Waals surface area (Å²) in [5, 5.41) is 9.86. The van der Waals surface area contributed by atoms with Gasteiger partial charge in [-0.15, -0.1) is 0 Å². The fourth-order valence-electron chi connectivity index (χ4n) is 2.43. The van der Waals surface area contributed by atoms with Gasteiger partial charge in [0.1, 0.15) is 0 Å². The highest BCUT2D eigenvalue weighted by Crippen LogP contribution is 2.23. The fraction of sp³-hybridized carbons (Fsp3) is 0.923. The molecule has 0 aromatic carbocycles. The second-order valence-electron chi connectivity index (χ2n) is 5.02. The van der Waals surface area contributed by atoms with Crippen molar-refractivity contribution in [3.05, 3.63) is 0 Å². The molecule has 0 aromatic heterocycles. The van der Waals surface area contributed by atoms with Crippen LogP contribution in [0.4, 0.5) is 0 Å². The van der Waals surface area contributed by atoms with E-state index in [1.165, 1.54) is 12.8 Å². The Morgan fingerprint density at radius 3 is 2.88 bits per heavy atom. The van der Waals surface area contributed by atoms with Gasteiger partial charge in [0, 0.05) is 12.6 Å². The smallest absolute Gasteiger partial charge is 0.308 e. The number of aliphatic hydroxyl groups excluding tert-OH is 1. The number of nitrogens with zero attached hydrogens (tertiary/aromatic N) is 1. The predicted octanol–water partition coefficient (Wildman–Crippen LogP) is 1.42. The standard InChI is InChI=1S/C13H25NO3/c1-4-17-13(16)8-12(15)9-14-7-5-6-10(2)11(14)3/h10-12,15H,4-9H2,1-3H3. The van der Waals surface area contributed by atoms with Crippen LogP contribution in [0.1, 0.15) is 40.0 Å². The lowest BCUT2D eigenvalue weighted by Crippen LogP contribution is -2.46. The molecule has 0 aromatic rings. The summed E-state index contributed by atoms with van der Waals surface area (Å²) >= 11 is 0. The third-order valence-electron chi connectivity index (χ3n) is 3.66. The predicted molar refractivity (Wildman–Crippen MR) is 66.7 cm³/mol. The first-order valence-electron chi connectivity index (χ1n) is 6.62. The Balaban J connectivity index is 2.34. The lowest BCUT2D eigenvalue weighted by Gasteiger charge is -2.38. The van der Waals surface area contributed by atoms with Gasteiger partial charge in [-0.2, -0.15) is 0 Å². The first-order valence-corrected chi connectivity index (χ1v) is 6.62. The van der Waals surface area contributed by atoms with E-state index in [2.05, 4.69) is 18.7 Å². The van der Waals surface area contributed by atoms with Crippen LogP contribution in [-0.2, 0) is 9.53 Å². The van der Waals surface area contributed by atoms with Crippen LogP contribution in [0, 0.1) is 5.92 Å². The zero-order valence-electron chi connectivity index (χ0n) is 11.2. The van der Waals surface area contributed by atoms with Gasteiger partial charge in [0.15, 0.2) is 0 Å². The molecule has 4 heteroatoms. The lowest BCUT2D eigenvalue weighted by molar-refractivity contribution is -0.145. The van der Waals surface area contributed by atoms with Gasteiger partial charge in [-0.05, 0) is 39.2 Å². The highest BCUT2D eigenvalue weighted by Gasteiger charge is 2.26. The van der Waals surface area contributed by atoms with Gasteiger partial charge in [-0.3, -0.25) is 9.69 Å². The maximum absolute atomic E-state index is 11.2. The maximum atomic E-state index is 11.2. The monoisotopic (exact) mass is 243 g/mol. The number of carbonyl (C=O) groups is 1. The van der Waals surface area contributed by atoms with E-state index in [4.69, 9.17) is 4.74 Å². The van der Waals surface area contributed by atoms with Crippen LogP contribution in [-0.4, -0.2) is 47.8 Å². The Bertz CT molecular complexity index is 245. The number of esters is 1. The van der Waals surface area contributed by atoms with Gasteiger partial charge < -0.3 is 9.84 Å². The Labute approximate surface area is 104 Å². The zero-order chi connectivity index (χ0) is 12.8. The molecule has 1 N–H and O–H groups in total. The summed E-state index contributed by atoms with van der Waals surface area (Å²) in [6, 6.07) is 0.487. The molecule has 0 saturated carbocycles. The molecule has 3 atom stereocenters. The Morgan fingerprint density at radius 2 is 2.24 bits per heavy atom. The zero-order valence-corrected chi connectivity index (χ0v) is 11.2. The van der Waals surface area contributed by atoms with Crippen molar-refractivity contribution in [3.8, 4) is 0 Å². The quantitative estimate of drug-likeness (QED) is 0.742. The summed E-state index contributed by atoms with van der Waals surface area (Å²) < 4.78 is 4.83. The molecule has 3 unspecified atom stereocenters. The molecule has 1 heterocycles. The van der Waals surface area contributed by atoms with Crippen LogP contribution in [0.3, 0.4) is 0 Å². The van der Waals surface area contributed by atoms with Crippen LogP contribution in [0.25, 0.3) is 0 Å². The minimum atomic E-state index is -0.609. The molecule has 0 spiro atoms. The average Bonchev–Trinajstić information content (AvgIpc) is 2.25. The van der Waals surface area contributed by atoms with Crippen LogP contribution >= 0.6 is 0 Å². The largest absolute Gasteiger partial charge is 0.466 e. The summed E-state index contributed by atoms with van der Waals surface area (Å²) in [4.78, 5) is 13.5. The molecule has 1 fully saturated rings. The van der Waals surface area contributed by atoms with Crippen LogP contribution in [0.5, 0.6) is 0 Å². The number of piperidine rings is 1. The maximum Gasteiger partial charge on any atom is 0.308 e. The third-order valence-corrected chi connectivity index (χ3v) is 3.66. The topological polar surface area (TPSA) is 49.8 Å². The number of likely N-dealkylation sites (tertiary alicyclic amines) is 1. The van der Waals surface area contributed by atoms with Crippen molar-refractivity contribution < 1.29 is 14.6 Å². The molecule has 1 aliphatic heterocycles. The van der Waals surface area contributed by atoms with Gasteiger partial charge >= 0.3 is 5.97 Å². The van der Waals surface area contributed by atoms with Gasteiger partial charge in [0.05, 0.1) is 19.1 Å². The van der Waals surface area contributed by atoms with Crippen LogP contribution < -0.4 is 0 Å². The minimum Gasteiger partial charge on any atom is -0.466 e. The average molecular weight is 243 g/mol. The van der Waals surface area contributed by atoms with Crippen molar-refractivity contribution in [1.29, 1.82) is 0 Å². The summed E-state index contributed by atoms with van der Waals surface area (Å²) in [7, 11) is 0. The third kappa shape index (κ3) is 4.64. The number of ether oxygens (including phenoxy) is 1. The van der Waals surface area contributed by atoms with Gasteiger partial charge in [0.25, 0.3) is 0 Å². The second-order valence-corrected chi connectivity index (χ2v) is 5.02. The molecule has 0 amide bonds. The summed E-state index contributed by atoms with van der Waals surface area (Å²) in [6.45, 7) is 8.19. The first kappa shape index (κ1) is 14.5. The normalized spacial score (nSPS) is 27.8. The molecule has 1 rings (SSSR count). The van der Waals surface area contributed by atoms with E-state index in [1.54, 1.807) is 6.92 Å². The van der Waals surface area contributed by atoms with E-state index in [1.807, 2.05) is 0 Å². The number of rotatable bonds is 5. The van der Waals surface area contributed by atoms with Gasteiger partial charge in [-0.25, -0.2) is 0 Å². The molecule has 0 bridgehead atoms. The minimum absolute atomic E-state index is 0.103. The van der Waals surface area contributed by atoms with Crippen LogP contribution in [0.2, 0.25) is 0 Å². The number of β-amino-alcohol motifs (C(OH)–C–C–N with tert-alkyl or cyclic N) is 1. The Morgan fingerprint density at radius 1 is 1.53 bits per heavy atom. The molecular weight excluding hydrogens is 218 g/mol. The van der Waals surface area contributed by atoms with Gasteiger partial charge in [0.2, 0.25) is 0 Å². The lowest BCUT2D eigenvalue weighted by atomic mass is 9.92. The van der Waals surface area contributed by atoms with E-state index in [0.717, 1.165) is 6.54 Å². The van der Waals surface area contributed by atoms with E-state index < -0.39 is 6.10 Å². The number of carbonyl (C=O) groups excluding carboxylic acids is 1. The summed E-state index contributed by atoms with van der Waals surface area (Å²) in [6.07, 6.45) is 1.93. The number of aliphatic hydroxyl groups is 1. The molecule has 17 heavy (non-hydrogen) atoms. The van der Waals surface area contributed by atoms with E-state index >= 15 is 0 Å². The van der Waals surface area contributed by atoms with Crippen LogP contribution in [0.15, 0.2) is 0 Å². The highest BCUT2D eigenvalue weighted by atomic mass is 16.5. The molecule has 0 radical (unpaired) electrons. The molecular formula is C13H25NO3. The molecule has 0 aliphatic carbocycles. The van der Waals surface area contributed by atoms with E-state index in [-0.39, 0.29) is 12.4 Å². The van der Waals surface area contributed by atoms with Gasteiger partial charge in [-0.1, -0.05) is 6.92 Å². The van der Waals surface area contributed by atoms with Crippen molar-refractivity contribution in [2.75, 3.05) is 19.7 Å². The van der Waals surface area contributed by atoms with Crippen molar-refractivity contribution in [1.82, 2.24) is 4.90 Å². The van der Waals surface area contributed by atoms with Crippen molar-refractivity contribution in [2.45, 2.75) is 52.2 Å². The Hall–Kier alpha value is -0.610. The second kappa shape index (κ2) is 6.97. The van der Waals surface area contributed by atoms with Crippen molar-refractivity contribution in [3.63, 3.8) is 0 Å². The fourth-order valence-corrected chi connectivity index (χ4v) is 2.43. The number of hydrogen-bond acceptors (Lipinski definition) is 4. The van der Waals surface area contributed by atoms with Crippen molar-refractivity contribution >= 4 is 5.97 Å². The summed E-state index contributed by atoms with van der Waals surface area (Å²) in [5.41, 5.74) is 0. The first-order chi connectivity index (χ1) is 8.04. The highest BCUT2D eigenvalue weighted by molar-refractivity contribution is 5.69. The molecule has 1 aliphatic rings.